The number of hydrogen-bond donors (Lipinski definition) is 3. The number of rotatable bonds is 8. The predicted molar refractivity (Wildman–Crippen MR) is 141 cm³/mol. The molecule has 0 spiro atoms. The summed E-state index contributed by atoms with van der Waals surface area (Å²) in [6.45, 7) is 4.63. The Balaban J connectivity index is 1.67. The van der Waals surface area contributed by atoms with Crippen LogP contribution in [0.3, 0.4) is 0 Å². The van der Waals surface area contributed by atoms with Crippen molar-refractivity contribution >= 4 is 33.6 Å². The summed E-state index contributed by atoms with van der Waals surface area (Å²) in [6, 6.07) is 5.75. The maximum Gasteiger partial charge on any atom is 0.323 e. The fourth-order valence-corrected chi connectivity index (χ4v) is 7.38. The van der Waals surface area contributed by atoms with Gasteiger partial charge in [-0.05, 0) is 57.2 Å². The summed E-state index contributed by atoms with van der Waals surface area (Å²) in [6.07, 6.45) is 2.60. The van der Waals surface area contributed by atoms with Crippen LogP contribution in [0.25, 0.3) is 0 Å². The molecular weight excluding hydrogens is 526 g/mol. The van der Waals surface area contributed by atoms with Gasteiger partial charge in [0.15, 0.2) is 11.9 Å². The lowest BCUT2D eigenvalue weighted by molar-refractivity contribution is -0.138. The van der Waals surface area contributed by atoms with E-state index in [1.165, 1.54) is 13.8 Å². The Kier molecular flexibility index (Phi) is 8.60. The van der Waals surface area contributed by atoms with Gasteiger partial charge in [-0.25, -0.2) is 13.2 Å². The van der Waals surface area contributed by atoms with Gasteiger partial charge in [0.25, 0.3) is 15.9 Å². The molecule has 1 aliphatic carbocycles. The first kappa shape index (κ1) is 28.6. The van der Waals surface area contributed by atoms with E-state index in [1.807, 2.05) is 13.0 Å². The molecule has 3 N–H and O–H groups in total. The number of benzene rings is 1. The maximum atomic E-state index is 13.8. The van der Waals surface area contributed by atoms with Crippen molar-refractivity contribution in [3.63, 3.8) is 0 Å². The quantitative estimate of drug-likeness (QED) is 0.443. The van der Waals surface area contributed by atoms with Gasteiger partial charge in [0.2, 0.25) is 0 Å². The van der Waals surface area contributed by atoms with Crippen molar-refractivity contribution in [2.24, 2.45) is 5.92 Å². The van der Waals surface area contributed by atoms with Crippen LogP contribution in [0.4, 0.5) is 10.5 Å². The number of aryl methyl sites for hydroxylation is 3. The lowest BCUT2D eigenvalue weighted by Gasteiger charge is -2.34. The predicted octanol–water partition coefficient (Wildman–Crippen LogP) is 3.00. The van der Waals surface area contributed by atoms with E-state index < -0.39 is 40.1 Å². The fraction of sp³-hybridized carbons (Fsp3) is 0.538. The number of carbonyl (C=O) groups is 3. The second-order valence-electron chi connectivity index (χ2n) is 10.2. The van der Waals surface area contributed by atoms with Crippen LogP contribution in [0.5, 0.6) is 0 Å². The molecule has 2 fully saturated rings. The number of aromatic nitrogens is 1. The Morgan fingerprint density at radius 1 is 1.13 bits per heavy atom. The molecule has 2 aromatic rings. The lowest BCUT2D eigenvalue weighted by Crippen LogP contribution is -2.57. The Labute approximate surface area is 227 Å². The van der Waals surface area contributed by atoms with Crippen LogP contribution in [-0.2, 0) is 19.6 Å². The Morgan fingerprint density at radius 2 is 1.85 bits per heavy atom. The summed E-state index contributed by atoms with van der Waals surface area (Å²) in [5, 5.41) is 18.8. The lowest BCUT2D eigenvalue weighted by atomic mass is 9.82. The zero-order chi connectivity index (χ0) is 28.3. The van der Waals surface area contributed by atoms with E-state index >= 15 is 0 Å². The molecule has 12 nitrogen and oxygen atoms in total. The summed E-state index contributed by atoms with van der Waals surface area (Å²) in [5.41, 5.74) is 1.55. The van der Waals surface area contributed by atoms with Crippen molar-refractivity contribution < 1.29 is 32.4 Å². The van der Waals surface area contributed by atoms with Gasteiger partial charge in [0, 0.05) is 24.8 Å². The molecule has 2 atom stereocenters. The zero-order valence-corrected chi connectivity index (χ0v) is 23.2. The van der Waals surface area contributed by atoms with E-state index in [4.69, 9.17) is 4.52 Å². The van der Waals surface area contributed by atoms with Crippen molar-refractivity contribution in [1.82, 2.24) is 19.7 Å². The molecule has 1 saturated carbocycles. The summed E-state index contributed by atoms with van der Waals surface area (Å²) >= 11 is 0. The van der Waals surface area contributed by atoms with Gasteiger partial charge in [-0.1, -0.05) is 36.6 Å². The standard InChI is InChI=1S/C26H35N5O7S/c1-16-8-7-11-20(14-16)27-26(35)30-12-13-31(39(36,37)23-17(2)29-38-18(23)3)25(30)24(34)28-21(15-22(32)33)19-9-5-4-6-10-19/h7-8,11,14,19,21,25H,4-6,9-10,12-13,15H2,1-3H3,(H,27,35)(H,28,34)(H,32,33). The van der Waals surface area contributed by atoms with E-state index in [0.29, 0.717) is 5.69 Å². The minimum Gasteiger partial charge on any atom is -0.481 e. The third-order valence-electron chi connectivity index (χ3n) is 7.37. The van der Waals surface area contributed by atoms with Crippen LogP contribution in [0, 0.1) is 26.7 Å². The summed E-state index contributed by atoms with van der Waals surface area (Å²) in [5.74, 6) is -1.80. The van der Waals surface area contributed by atoms with Crippen molar-refractivity contribution in [2.75, 3.05) is 18.4 Å². The SMILES string of the molecule is Cc1cccc(NC(=O)N2CCN(S(=O)(=O)c3c(C)noc3C)C2C(=O)NC(CC(=O)O)C2CCCCC2)c1. The number of nitrogens with one attached hydrogen (secondary N) is 2. The smallest absolute Gasteiger partial charge is 0.323 e. The normalized spacial score (nSPS) is 19.6. The van der Waals surface area contributed by atoms with Crippen LogP contribution in [0.2, 0.25) is 0 Å². The number of carboxylic acid groups (broad SMARTS) is 1. The van der Waals surface area contributed by atoms with Crippen molar-refractivity contribution in [1.29, 1.82) is 0 Å². The van der Waals surface area contributed by atoms with Crippen molar-refractivity contribution in [2.45, 2.75) is 76.4 Å². The number of carboxylic acids is 1. The second-order valence-corrected chi connectivity index (χ2v) is 12.1. The van der Waals surface area contributed by atoms with E-state index in [1.54, 1.807) is 18.2 Å². The van der Waals surface area contributed by atoms with Crippen LogP contribution in [-0.4, -0.2) is 71.1 Å². The molecule has 39 heavy (non-hydrogen) atoms. The number of sulfonamides is 1. The number of nitrogens with zero attached hydrogens (tertiary/aromatic N) is 3. The van der Waals surface area contributed by atoms with Gasteiger partial charge in [-0.3, -0.25) is 14.5 Å². The van der Waals surface area contributed by atoms with Crippen molar-refractivity contribution in [3.05, 3.63) is 41.3 Å². The monoisotopic (exact) mass is 561 g/mol. The number of hydrogen-bond acceptors (Lipinski definition) is 7. The number of urea groups is 1. The average molecular weight is 562 g/mol. The first-order valence-corrected chi connectivity index (χ1v) is 14.5. The molecule has 3 amide bonds. The second kappa shape index (κ2) is 11.7. The Bertz CT molecular complexity index is 1320. The van der Waals surface area contributed by atoms with Crippen LogP contribution >= 0.6 is 0 Å². The molecule has 1 saturated heterocycles. The minimum absolute atomic E-state index is 0.0502. The molecular formula is C26H35N5O7S. The van der Waals surface area contributed by atoms with E-state index in [9.17, 15) is 27.9 Å². The molecule has 1 aromatic carbocycles. The summed E-state index contributed by atoms with van der Waals surface area (Å²) in [7, 11) is -4.30. The van der Waals surface area contributed by atoms with Crippen LogP contribution < -0.4 is 10.6 Å². The highest BCUT2D eigenvalue weighted by molar-refractivity contribution is 7.89. The highest BCUT2D eigenvalue weighted by Crippen LogP contribution is 2.31. The Morgan fingerprint density at radius 3 is 2.46 bits per heavy atom. The van der Waals surface area contributed by atoms with Gasteiger partial charge in [0.1, 0.15) is 10.6 Å². The molecule has 212 valence electrons. The van der Waals surface area contributed by atoms with E-state index in [-0.39, 0.29) is 41.8 Å². The van der Waals surface area contributed by atoms with Crippen LogP contribution in [0.1, 0.15) is 55.5 Å². The highest BCUT2D eigenvalue weighted by atomic mass is 32.2. The van der Waals surface area contributed by atoms with Gasteiger partial charge in [0.05, 0.1) is 6.42 Å². The number of aliphatic carboxylic acids is 1. The van der Waals surface area contributed by atoms with Gasteiger partial charge < -0.3 is 20.3 Å². The minimum atomic E-state index is -4.30. The van der Waals surface area contributed by atoms with Gasteiger partial charge in [-0.2, -0.15) is 4.31 Å². The first-order chi connectivity index (χ1) is 18.5. The molecule has 0 radical (unpaired) electrons. The molecule has 1 aliphatic heterocycles. The molecule has 0 bridgehead atoms. The summed E-state index contributed by atoms with van der Waals surface area (Å²) < 4.78 is 33.6. The largest absolute Gasteiger partial charge is 0.481 e. The van der Waals surface area contributed by atoms with E-state index in [2.05, 4.69) is 15.8 Å². The number of amides is 3. The Hall–Kier alpha value is -3.45. The third kappa shape index (κ3) is 6.25. The zero-order valence-electron chi connectivity index (χ0n) is 22.3. The molecule has 4 rings (SSSR count). The highest BCUT2D eigenvalue weighted by Gasteiger charge is 2.48. The number of anilines is 1. The third-order valence-corrected chi connectivity index (χ3v) is 9.47. The van der Waals surface area contributed by atoms with Crippen molar-refractivity contribution in [3.8, 4) is 0 Å². The molecule has 2 unspecified atom stereocenters. The van der Waals surface area contributed by atoms with Gasteiger partial charge >= 0.3 is 12.0 Å². The van der Waals surface area contributed by atoms with E-state index in [0.717, 1.165) is 46.9 Å². The van der Waals surface area contributed by atoms with Gasteiger partial charge in [-0.15, -0.1) is 0 Å². The van der Waals surface area contributed by atoms with Crippen LogP contribution in [0.15, 0.2) is 33.7 Å². The molecule has 13 heteroatoms. The summed E-state index contributed by atoms with van der Waals surface area (Å²) in [4.78, 5) is 39.9. The first-order valence-electron chi connectivity index (χ1n) is 13.1. The molecule has 1 aromatic heterocycles. The fourth-order valence-electron chi connectivity index (χ4n) is 5.54. The molecule has 2 heterocycles. The number of carbonyl (C=O) groups excluding carboxylic acids is 2. The average Bonchev–Trinajstić information content (AvgIpc) is 3.48. The maximum absolute atomic E-state index is 13.8. The topological polar surface area (TPSA) is 162 Å². The molecule has 2 aliphatic rings.